The van der Waals surface area contributed by atoms with E-state index in [9.17, 15) is 0 Å². The van der Waals surface area contributed by atoms with E-state index in [-0.39, 0.29) is 0 Å². The molecule has 0 aliphatic heterocycles. The smallest absolute Gasteiger partial charge is 0.0729 e. The minimum absolute atomic E-state index is 0.480. The van der Waals surface area contributed by atoms with Crippen molar-refractivity contribution in [1.29, 1.82) is 0 Å². The lowest BCUT2D eigenvalue weighted by atomic mass is 10.1. The van der Waals surface area contributed by atoms with Gasteiger partial charge in [0.15, 0.2) is 0 Å². The van der Waals surface area contributed by atoms with Crippen LogP contribution in [0.3, 0.4) is 0 Å². The van der Waals surface area contributed by atoms with Gasteiger partial charge >= 0.3 is 0 Å². The molecule has 0 fully saturated rings. The average molecular weight is 676 g/mol. The quantitative estimate of drug-likeness (QED) is 0.123. The molecule has 12 heteroatoms. The van der Waals surface area contributed by atoms with Crippen molar-refractivity contribution in [1.82, 2.24) is 0 Å². The van der Waals surface area contributed by atoms with Crippen LogP contribution in [0.25, 0.3) is 0 Å². The molecule has 1 aromatic carbocycles. The van der Waals surface area contributed by atoms with Gasteiger partial charge in [0.2, 0.25) is 0 Å². The third-order valence-corrected chi connectivity index (χ3v) is 6.30. The Labute approximate surface area is 244 Å². The molecule has 0 atom stereocenters. The Hall–Kier alpha value is -0.220. The number of hydrogen-bond donors (Lipinski definition) is 0. The number of halogens is 2. The van der Waals surface area contributed by atoms with Crippen LogP contribution in [0.1, 0.15) is 11.1 Å². The van der Waals surface area contributed by atoms with Gasteiger partial charge in [0.1, 0.15) is 0 Å². The monoisotopic (exact) mass is 674 g/mol. The molecule has 0 saturated carbocycles. The average Bonchev–Trinajstić information content (AvgIpc) is 2.91. The molecule has 0 aliphatic rings. The number of methoxy groups -OCH3 is 2. The molecular weight excluding hydrogens is 632 g/mol. The summed E-state index contributed by atoms with van der Waals surface area (Å²) in [6.07, 6.45) is 0. The normalized spacial score (nSPS) is 11.5. The molecule has 0 N–H and O–H groups in total. The van der Waals surface area contributed by atoms with Gasteiger partial charge in [0, 0.05) is 23.2 Å². The van der Waals surface area contributed by atoms with Crippen molar-refractivity contribution in [2.45, 2.75) is 13.2 Å². The first-order valence-electron chi connectivity index (χ1n) is 12.8. The Morgan fingerprint density at radius 1 is 0.395 bits per heavy atom. The van der Waals surface area contributed by atoms with Crippen LogP contribution in [0.5, 0.6) is 0 Å². The number of ether oxygens (including phenoxy) is 10. The topological polar surface area (TPSA) is 92.3 Å². The fraction of sp³-hybridized carbons (Fsp3) is 0.769. The van der Waals surface area contributed by atoms with Crippen LogP contribution in [0.4, 0.5) is 0 Å². The maximum Gasteiger partial charge on any atom is 0.0729 e. The molecule has 0 unspecified atom stereocenters. The lowest BCUT2D eigenvalue weighted by Crippen LogP contribution is -2.13. The standard InChI is InChI=1S/C26H44Br2O10/c1-29-3-5-31-7-9-33-11-13-35-15-17-37-21-23-19-26(28)24(20-25(23)27)22-38-18-16-36-14-12-34-10-8-32-6-4-30-2/h19-20H,3-18,21-22H2,1-2H3. The molecule has 222 valence electrons. The summed E-state index contributed by atoms with van der Waals surface area (Å²) >= 11 is 7.25. The van der Waals surface area contributed by atoms with E-state index in [1.807, 2.05) is 12.1 Å². The van der Waals surface area contributed by atoms with Crippen molar-refractivity contribution in [2.24, 2.45) is 0 Å². The Bertz CT molecular complexity index is 613. The molecule has 10 nitrogen and oxygen atoms in total. The largest absolute Gasteiger partial charge is 0.382 e. The van der Waals surface area contributed by atoms with Crippen LogP contribution in [-0.2, 0) is 60.6 Å². The summed E-state index contributed by atoms with van der Waals surface area (Å²) < 4.78 is 55.8. The van der Waals surface area contributed by atoms with Crippen LogP contribution >= 0.6 is 31.9 Å². The van der Waals surface area contributed by atoms with Gasteiger partial charge in [-0.25, -0.2) is 0 Å². The summed E-state index contributed by atoms with van der Waals surface area (Å²) in [4.78, 5) is 0. The summed E-state index contributed by atoms with van der Waals surface area (Å²) in [5.74, 6) is 0. The Balaban J connectivity index is 2.01. The Morgan fingerprint density at radius 3 is 0.895 bits per heavy atom. The predicted molar refractivity (Wildman–Crippen MR) is 150 cm³/mol. The van der Waals surface area contributed by atoms with Gasteiger partial charge in [-0.2, -0.15) is 0 Å². The van der Waals surface area contributed by atoms with Crippen LogP contribution in [0.15, 0.2) is 21.1 Å². The molecule has 1 aromatic rings. The highest BCUT2D eigenvalue weighted by Gasteiger charge is 2.08. The zero-order valence-electron chi connectivity index (χ0n) is 22.7. The highest BCUT2D eigenvalue weighted by molar-refractivity contribution is 9.11. The van der Waals surface area contributed by atoms with Crippen LogP contribution < -0.4 is 0 Å². The van der Waals surface area contributed by atoms with Crippen molar-refractivity contribution in [2.75, 3.05) is 120 Å². The Morgan fingerprint density at radius 2 is 0.632 bits per heavy atom. The molecule has 0 spiro atoms. The second-order valence-electron chi connectivity index (χ2n) is 7.80. The third-order valence-electron chi connectivity index (χ3n) is 4.83. The predicted octanol–water partition coefficient (Wildman–Crippen LogP) is 3.64. The lowest BCUT2D eigenvalue weighted by Gasteiger charge is -2.12. The van der Waals surface area contributed by atoms with E-state index >= 15 is 0 Å². The fourth-order valence-electron chi connectivity index (χ4n) is 2.82. The van der Waals surface area contributed by atoms with Gasteiger partial charge in [-0.1, -0.05) is 31.9 Å². The molecule has 0 aliphatic carbocycles. The SMILES string of the molecule is COCCOCCOCCOCCOCc1cc(Br)c(COCCOCCOCCOCCOC)cc1Br. The van der Waals surface area contributed by atoms with Gasteiger partial charge in [-0.05, 0) is 23.3 Å². The molecule has 38 heavy (non-hydrogen) atoms. The maximum absolute atomic E-state index is 5.74. The minimum Gasteiger partial charge on any atom is -0.382 e. The van der Waals surface area contributed by atoms with Crippen LogP contribution in [0.2, 0.25) is 0 Å². The second-order valence-corrected chi connectivity index (χ2v) is 9.51. The molecule has 0 saturated heterocycles. The highest BCUT2D eigenvalue weighted by Crippen LogP contribution is 2.27. The molecule has 0 aromatic heterocycles. The molecule has 0 radical (unpaired) electrons. The first-order valence-corrected chi connectivity index (χ1v) is 14.3. The first kappa shape index (κ1) is 35.8. The van der Waals surface area contributed by atoms with Gasteiger partial charge in [-0.15, -0.1) is 0 Å². The molecule has 0 bridgehead atoms. The van der Waals surface area contributed by atoms with Gasteiger partial charge in [0.25, 0.3) is 0 Å². The maximum atomic E-state index is 5.74. The first-order chi connectivity index (χ1) is 18.7. The van der Waals surface area contributed by atoms with E-state index in [0.29, 0.717) is 119 Å². The second kappa shape index (κ2) is 27.0. The van der Waals surface area contributed by atoms with Crippen molar-refractivity contribution >= 4 is 31.9 Å². The van der Waals surface area contributed by atoms with E-state index in [2.05, 4.69) is 31.9 Å². The molecular formula is C26H44Br2O10. The van der Waals surface area contributed by atoms with Crippen LogP contribution in [-0.4, -0.2) is 120 Å². The summed E-state index contributed by atoms with van der Waals surface area (Å²) in [5, 5.41) is 0. The van der Waals surface area contributed by atoms with Gasteiger partial charge in [-0.3, -0.25) is 0 Å². The van der Waals surface area contributed by atoms with E-state index in [0.717, 1.165) is 20.1 Å². The van der Waals surface area contributed by atoms with Crippen molar-refractivity contribution in [3.63, 3.8) is 0 Å². The Kier molecular flexibility index (Phi) is 25.4. The fourth-order valence-corrected chi connectivity index (χ4v) is 3.83. The number of rotatable bonds is 28. The van der Waals surface area contributed by atoms with E-state index < -0.39 is 0 Å². The van der Waals surface area contributed by atoms with Crippen molar-refractivity contribution < 1.29 is 47.4 Å². The minimum atomic E-state index is 0.480. The summed E-state index contributed by atoms with van der Waals surface area (Å²) in [5.41, 5.74) is 2.09. The number of benzene rings is 1. The zero-order chi connectivity index (χ0) is 27.5. The highest BCUT2D eigenvalue weighted by atomic mass is 79.9. The van der Waals surface area contributed by atoms with E-state index in [4.69, 9.17) is 47.4 Å². The summed E-state index contributed by atoms with van der Waals surface area (Å²) in [6.45, 7) is 9.64. The van der Waals surface area contributed by atoms with E-state index in [1.165, 1.54) is 0 Å². The van der Waals surface area contributed by atoms with Gasteiger partial charge in [0.05, 0.1) is 119 Å². The van der Waals surface area contributed by atoms with Gasteiger partial charge < -0.3 is 47.4 Å². The summed E-state index contributed by atoms with van der Waals surface area (Å²) in [6, 6.07) is 4.08. The zero-order valence-corrected chi connectivity index (χ0v) is 25.9. The van der Waals surface area contributed by atoms with Crippen LogP contribution in [0, 0.1) is 0 Å². The lowest BCUT2D eigenvalue weighted by molar-refractivity contribution is -0.00975. The van der Waals surface area contributed by atoms with Crippen molar-refractivity contribution in [3.8, 4) is 0 Å². The number of hydrogen-bond acceptors (Lipinski definition) is 10. The molecule has 0 heterocycles. The molecule has 0 amide bonds. The molecule has 1 rings (SSSR count). The summed E-state index contributed by atoms with van der Waals surface area (Å²) in [7, 11) is 3.30. The van der Waals surface area contributed by atoms with Crippen molar-refractivity contribution in [3.05, 3.63) is 32.2 Å². The van der Waals surface area contributed by atoms with E-state index in [1.54, 1.807) is 14.2 Å². The third kappa shape index (κ3) is 20.7.